The fourth-order valence-electron chi connectivity index (χ4n) is 2.00. The molecule has 1 aromatic heterocycles. The molecule has 0 saturated heterocycles. The number of aromatic nitrogens is 2. The highest BCUT2D eigenvalue weighted by Gasteiger charge is 2.11. The van der Waals surface area contributed by atoms with Crippen LogP contribution in [0.4, 0.5) is 11.4 Å². The Morgan fingerprint density at radius 2 is 1.73 bits per heavy atom. The van der Waals surface area contributed by atoms with E-state index in [4.69, 9.17) is 5.26 Å². The second-order valence-corrected chi connectivity index (χ2v) is 4.48. The summed E-state index contributed by atoms with van der Waals surface area (Å²) in [5.74, 6) is 0.126. The van der Waals surface area contributed by atoms with Crippen molar-refractivity contribution in [1.82, 2.24) is 10.2 Å². The number of nitrogens with one attached hydrogen (secondary N) is 1. The van der Waals surface area contributed by atoms with Gasteiger partial charge in [0.1, 0.15) is 23.2 Å². The van der Waals surface area contributed by atoms with Crippen LogP contribution in [0.1, 0.15) is 5.56 Å². The minimum absolute atomic E-state index is 0.126. The predicted octanol–water partition coefficient (Wildman–Crippen LogP) is 4.07. The molecule has 106 valence electrons. The summed E-state index contributed by atoms with van der Waals surface area (Å²) in [6.07, 6.45) is 1.51. The zero-order valence-electron chi connectivity index (χ0n) is 11.4. The zero-order chi connectivity index (χ0) is 15.4. The molecular weight excluding hydrogens is 278 g/mol. The molecule has 0 radical (unpaired) electrons. The number of benzene rings is 2. The lowest BCUT2D eigenvalue weighted by Gasteiger charge is -2.02. The maximum absolute atomic E-state index is 9.91. The van der Waals surface area contributed by atoms with Gasteiger partial charge < -0.3 is 5.11 Å². The minimum Gasteiger partial charge on any atom is -0.507 e. The highest BCUT2D eigenvalue weighted by molar-refractivity contribution is 5.75. The Kier molecular flexibility index (Phi) is 3.62. The molecule has 0 aliphatic carbocycles. The summed E-state index contributed by atoms with van der Waals surface area (Å²) in [5.41, 5.74) is 2.56. The number of hydrogen-bond acceptors (Lipinski definition) is 5. The Balaban J connectivity index is 1.99. The van der Waals surface area contributed by atoms with Gasteiger partial charge >= 0.3 is 0 Å². The molecule has 1 heterocycles. The van der Waals surface area contributed by atoms with Gasteiger partial charge in [-0.1, -0.05) is 24.3 Å². The Labute approximate surface area is 126 Å². The Bertz CT molecular complexity index is 876. The van der Waals surface area contributed by atoms with Crippen molar-refractivity contribution in [1.29, 1.82) is 5.26 Å². The van der Waals surface area contributed by atoms with Gasteiger partial charge in [-0.15, -0.1) is 10.2 Å². The van der Waals surface area contributed by atoms with Gasteiger partial charge in [-0.2, -0.15) is 10.4 Å². The smallest absolute Gasteiger partial charge is 0.131 e. The van der Waals surface area contributed by atoms with Gasteiger partial charge in [-0.05, 0) is 24.3 Å². The highest BCUT2D eigenvalue weighted by atomic mass is 16.3. The topological polar surface area (TPSA) is 97.4 Å². The van der Waals surface area contributed by atoms with Crippen LogP contribution in [-0.4, -0.2) is 15.3 Å². The van der Waals surface area contributed by atoms with E-state index in [0.717, 1.165) is 0 Å². The van der Waals surface area contributed by atoms with Crippen molar-refractivity contribution >= 4 is 11.4 Å². The number of nitrogens with zero attached hydrogens (tertiary/aromatic N) is 4. The molecule has 0 aliphatic rings. The van der Waals surface area contributed by atoms with Gasteiger partial charge in [0.2, 0.25) is 0 Å². The van der Waals surface area contributed by atoms with Crippen molar-refractivity contribution in [2.24, 2.45) is 10.2 Å². The fraction of sp³-hybridized carbons (Fsp3) is 0. The third-order valence-corrected chi connectivity index (χ3v) is 3.08. The summed E-state index contributed by atoms with van der Waals surface area (Å²) >= 11 is 0. The lowest BCUT2D eigenvalue weighted by atomic mass is 10.1. The summed E-state index contributed by atoms with van der Waals surface area (Å²) < 4.78 is 0. The molecule has 0 atom stereocenters. The van der Waals surface area contributed by atoms with Crippen LogP contribution >= 0.6 is 0 Å². The van der Waals surface area contributed by atoms with E-state index < -0.39 is 0 Å². The number of nitriles is 1. The molecule has 0 bridgehead atoms. The number of para-hydroxylation sites is 1. The van der Waals surface area contributed by atoms with Crippen LogP contribution < -0.4 is 0 Å². The van der Waals surface area contributed by atoms with Crippen molar-refractivity contribution in [3.63, 3.8) is 0 Å². The summed E-state index contributed by atoms with van der Waals surface area (Å²) in [5, 5.41) is 33.9. The molecule has 3 aromatic rings. The van der Waals surface area contributed by atoms with Crippen LogP contribution in [0.15, 0.2) is 65.0 Å². The third kappa shape index (κ3) is 2.55. The largest absolute Gasteiger partial charge is 0.507 e. The lowest BCUT2D eigenvalue weighted by Crippen LogP contribution is -1.79. The third-order valence-electron chi connectivity index (χ3n) is 3.08. The first-order valence-corrected chi connectivity index (χ1v) is 6.52. The van der Waals surface area contributed by atoms with Gasteiger partial charge in [-0.25, -0.2) is 0 Å². The predicted molar refractivity (Wildman–Crippen MR) is 81.0 cm³/mol. The molecule has 0 saturated carbocycles. The van der Waals surface area contributed by atoms with Crippen LogP contribution in [0, 0.1) is 11.3 Å². The van der Waals surface area contributed by atoms with E-state index in [1.165, 1.54) is 6.20 Å². The molecule has 0 spiro atoms. The molecule has 6 heteroatoms. The molecule has 2 aromatic carbocycles. The molecular formula is C16H11N5O. The van der Waals surface area contributed by atoms with Crippen LogP contribution in [0.25, 0.3) is 11.3 Å². The average molecular weight is 289 g/mol. The van der Waals surface area contributed by atoms with E-state index in [9.17, 15) is 5.11 Å². The maximum atomic E-state index is 9.91. The highest BCUT2D eigenvalue weighted by Crippen LogP contribution is 2.34. The van der Waals surface area contributed by atoms with Gasteiger partial charge in [0.05, 0.1) is 17.5 Å². The quantitative estimate of drug-likeness (QED) is 0.711. The van der Waals surface area contributed by atoms with Crippen LogP contribution in [0.2, 0.25) is 0 Å². The molecule has 6 nitrogen and oxygen atoms in total. The maximum Gasteiger partial charge on any atom is 0.131 e. The number of H-pyrrole nitrogens is 1. The number of aromatic hydroxyl groups is 1. The molecule has 3 rings (SSSR count). The van der Waals surface area contributed by atoms with Crippen molar-refractivity contribution in [3.05, 3.63) is 60.3 Å². The van der Waals surface area contributed by atoms with Gasteiger partial charge in [0.15, 0.2) is 0 Å². The Morgan fingerprint density at radius 3 is 2.55 bits per heavy atom. The van der Waals surface area contributed by atoms with Crippen molar-refractivity contribution < 1.29 is 5.11 Å². The fourth-order valence-corrected chi connectivity index (χ4v) is 2.00. The number of aromatic amines is 1. The summed E-state index contributed by atoms with van der Waals surface area (Å²) in [4.78, 5) is 0. The van der Waals surface area contributed by atoms with E-state index in [-0.39, 0.29) is 5.75 Å². The summed E-state index contributed by atoms with van der Waals surface area (Å²) in [7, 11) is 0. The molecule has 0 aliphatic heterocycles. The molecule has 0 amide bonds. The number of hydrogen-bond donors (Lipinski definition) is 2. The van der Waals surface area contributed by atoms with E-state index in [2.05, 4.69) is 26.5 Å². The van der Waals surface area contributed by atoms with Crippen molar-refractivity contribution in [2.45, 2.75) is 0 Å². The monoisotopic (exact) mass is 289 g/mol. The Hall–Kier alpha value is -3.46. The molecule has 22 heavy (non-hydrogen) atoms. The lowest BCUT2D eigenvalue weighted by molar-refractivity contribution is 0.477. The van der Waals surface area contributed by atoms with E-state index in [1.54, 1.807) is 42.5 Å². The Morgan fingerprint density at radius 1 is 1.00 bits per heavy atom. The summed E-state index contributed by atoms with van der Waals surface area (Å²) in [6, 6.07) is 15.9. The van der Waals surface area contributed by atoms with E-state index in [0.29, 0.717) is 28.2 Å². The SMILES string of the molecule is N#Cc1ccccc1N=Nc1cn[nH]c1-c1ccccc1O. The van der Waals surface area contributed by atoms with Crippen LogP contribution in [-0.2, 0) is 0 Å². The number of phenolic OH excluding ortho intramolecular Hbond substituents is 1. The van der Waals surface area contributed by atoms with Crippen molar-refractivity contribution in [3.8, 4) is 23.1 Å². The zero-order valence-corrected chi connectivity index (χ0v) is 11.4. The first-order valence-electron chi connectivity index (χ1n) is 6.52. The minimum atomic E-state index is 0.126. The molecule has 2 N–H and O–H groups in total. The molecule has 0 fully saturated rings. The summed E-state index contributed by atoms with van der Waals surface area (Å²) in [6.45, 7) is 0. The van der Waals surface area contributed by atoms with Crippen LogP contribution in [0.5, 0.6) is 5.75 Å². The standard InChI is InChI=1S/C16H11N5O/c17-9-11-5-1-3-7-13(11)19-20-14-10-18-21-16(14)12-6-2-4-8-15(12)22/h1-8,10,22H,(H,18,21). The first-order chi connectivity index (χ1) is 10.8. The second-order valence-electron chi connectivity index (χ2n) is 4.48. The van der Waals surface area contributed by atoms with Crippen molar-refractivity contribution in [2.75, 3.05) is 0 Å². The van der Waals surface area contributed by atoms with E-state index in [1.807, 2.05) is 6.07 Å². The first kappa shape index (κ1) is 13.5. The number of azo groups is 1. The van der Waals surface area contributed by atoms with Gasteiger partial charge in [-0.3, -0.25) is 5.10 Å². The average Bonchev–Trinajstić information content (AvgIpc) is 3.02. The molecule has 0 unspecified atom stereocenters. The number of phenols is 1. The van der Waals surface area contributed by atoms with E-state index >= 15 is 0 Å². The van der Waals surface area contributed by atoms with Crippen LogP contribution in [0.3, 0.4) is 0 Å². The normalized spacial score (nSPS) is 10.7. The van der Waals surface area contributed by atoms with Gasteiger partial charge in [0, 0.05) is 5.56 Å². The number of rotatable bonds is 3. The van der Waals surface area contributed by atoms with Gasteiger partial charge in [0.25, 0.3) is 0 Å². The second kappa shape index (κ2) is 5.89.